The molecule has 0 aromatic heterocycles. The van der Waals surface area contributed by atoms with Crippen molar-refractivity contribution in [2.45, 2.75) is 46.0 Å². The van der Waals surface area contributed by atoms with Gasteiger partial charge >= 0.3 is 0 Å². The molecule has 0 fully saturated rings. The van der Waals surface area contributed by atoms with Crippen molar-refractivity contribution in [3.63, 3.8) is 0 Å². The van der Waals surface area contributed by atoms with Crippen LogP contribution < -0.4 is 0 Å². The lowest BCUT2D eigenvalue weighted by Gasteiger charge is -1.90. The van der Waals surface area contributed by atoms with Gasteiger partial charge in [-0.25, -0.2) is 0 Å². The summed E-state index contributed by atoms with van der Waals surface area (Å²) in [4.78, 5) is 0. The van der Waals surface area contributed by atoms with Gasteiger partial charge in [0.05, 0.1) is 0 Å². The average molecular weight is 152 g/mol. The van der Waals surface area contributed by atoms with E-state index in [1.807, 2.05) is 0 Å². The predicted molar refractivity (Wildman–Crippen MR) is 52.7 cm³/mol. The average Bonchev–Trinajstić information content (AvgIpc) is 2.03. The van der Waals surface area contributed by atoms with Gasteiger partial charge in [0, 0.05) is 0 Å². The van der Waals surface area contributed by atoms with Crippen LogP contribution in [0.5, 0.6) is 0 Å². The smallest absolute Gasteiger partial charge is 0.0169 e. The van der Waals surface area contributed by atoms with Gasteiger partial charge in [0.25, 0.3) is 0 Å². The summed E-state index contributed by atoms with van der Waals surface area (Å²) >= 11 is 0. The summed E-state index contributed by atoms with van der Waals surface area (Å²) in [5, 5.41) is 0. The molecule has 0 amide bonds. The summed E-state index contributed by atoms with van der Waals surface area (Å²) in [7, 11) is 0. The summed E-state index contributed by atoms with van der Waals surface area (Å²) in [6, 6.07) is 0. The highest BCUT2D eigenvalue weighted by atomic mass is 13.9. The summed E-state index contributed by atoms with van der Waals surface area (Å²) in [6.07, 6.45) is 15.2. The largest absolute Gasteiger partial charge is 0.0914 e. The number of unbranched alkanes of at least 4 members (excludes halogenated alkanes) is 3. The molecular weight excluding hydrogens is 132 g/mol. The molecule has 64 valence electrons. The molecule has 0 saturated heterocycles. The molecule has 0 radical (unpaired) electrons. The summed E-state index contributed by atoms with van der Waals surface area (Å²) < 4.78 is 0. The minimum Gasteiger partial charge on any atom is -0.0914 e. The van der Waals surface area contributed by atoms with Crippen LogP contribution in [0.1, 0.15) is 46.0 Å². The van der Waals surface area contributed by atoms with Crippen LogP contribution in [0.2, 0.25) is 0 Å². The van der Waals surface area contributed by atoms with Gasteiger partial charge in [-0.1, -0.05) is 44.1 Å². The Labute approximate surface area is 71.0 Å². The minimum atomic E-state index is 1.10. The molecule has 0 aliphatic rings. The standard InChI is InChI=1S/C11H20/c1-3-5-7-9-11-10-8-6-4-2/h3,5,9,11H,4,6-8,10H2,1-2H3/b5-3+,11-9-. The molecule has 0 bridgehead atoms. The number of allylic oxidation sites excluding steroid dienone is 4. The molecule has 0 aliphatic carbocycles. The summed E-state index contributed by atoms with van der Waals surface area (Å²) in [5.74, 6) is 0. The fourth-order valence-electron chi connectivity index (χ4n) is 0.941. The Bertz CT molecular complexity index is 109. The Morgan fingerprint density at radius 1 is 1.00 bits per heavy atom. The van der Waals surface area contributed by atoms with Crippen molar-refractivity contribution in [3.8, 4) is 0 Å². The van der Waals surface area contributed by atoms with Crippen molar-refractivity contribution in [1.82, 2.24) is 0 Å². The van der Waals surface area contributed by atoms with Crippen molar-refractivity contribution in [2.24, 2.45) is 0 Å². The topological polar surface area (TPSA) is 0 Å². The van der Waals surface area contributed by atoms with Gasteiger partial charge in [0.15, 0.2) is 0 Å². The maximum atomic E-state index is 2.29. The zero-order valence-corrected chi connectivity index (χ0v) is 7.84. The molecular formula is C11H20. The second kappa shape index (κ2) is 9.48. The first-order valence-corrected chi connectivity index (χ1v) is 4.68. The highest BCUT2D eigenvalue weighted by molar-refractivity contribution is 4.90. The lowest BCUT2D eigenvalue weighted by molar-refractivity contribution is 0.728. The van der Waals surface area contributed by atoms with E-state index >= 15 is 0 Å². The number of hydrogen-bond donors (Lipinski definition) is 0. The molecule has 0 saturated carbocycles. The number of rotatable bonds is 6. The molecule has 0 heteroatoms. The third-order valence-corrected chi connectivity index (χ3v) is 1.65. The lowest BCUT2D eigenvalue weighted by Crippen LogP contribution is -1.70. The zero-order valence-electron chi connectivity index (χ0n) is 7.84. The van der Waals surface area contributed by atoms with Gasteiger partial charge in [-0.15, -0.1) is 0 Å². The van der Waals surface area contributed by atoms with Crippen LogP contribution in [-0.4, -0.2) is 0 Å². The van der Waals surface area contributed by atoms with Crippen molar-refractivity contribution in [2.75, 3.05) is 0 Å². The van der Waals surface area contributed by atoms with E-state index in [0.29, 0.717) is 0 Å². The van der Waals surface area contributed by atoms with Crippen LogP contribution in [0.25, 0.3) is 0 Å². The second-order valence-corrected chi connectivity index (χ2v) is 2.77. The van der Waals surface area contributed by atoms with Crippen LogP contribution in [0, 0.1) is 0 Å². The summed E-state index contributed by atoms with van der Waals surface area (Å²) in [5.41, 5.74) is 0. The molecule has 0 aromatic rings. The van der Waals surface area contributed by atoms with E-state index in [9.17, 15) is 0 Å². The highest BCUT2D eigenvalue weighted by Crippen LogP contribution is 2.00. The maximum Gasteiger partial charge on any atom is -0.0169 e. The maximum absolute atomic E-state index is 2.29. The van der Waals surface area contributed by atoms with E-state index in [4.69, 9.17) is 0 Å². The van der Waals surface area contributed by atoms with E-state index in [1.165, 1.54) is 25.7 Å². The molecule has 11 heavy (non-hydrogen) atoms. The molecule has 0 spiro atoms. The van der Waals surface area contributed by atoms with Crippen LogP contribution in [0.15, 0.2) is 24.3 Å². The van der Waals surface area contributed by atoms with E-state index in [0.717, 1.165) is 6.42 Å². The molecule has 0 unspecified atom stereocenters. The van der Waals surface area contributed by atoms with Gasteiger partial charge in [-0.2, -0.15) is 0 Å². The van der Waals surface area contributed by atoms with Crippen molar-refractivity contribution in [3.05, 3.63) is 24.3 Å². The fourth-order valence-corrected chi connectivity index (χ4v) is 0.941. The third-order valence-electron chi connectivity index (χ3n) is 1.65. The predicted octanol–water partition coefficient (Wildman–Crippen LogP) is 4.09. The first kappa shape index (κ1) is 10.5. The molecule has 0 aromatic carbocycles. The van der Waals surface area contributed by atoms with Crippen molar-refractivity contribution >= 4 is 0 Å². The Morgan fingerprint density at radius 2 is 1.82 bits per heavy atom. The van der Waals surface area contributed by atoms with Gasteiger partial charge < -0.3 is 0 Å². The zero-order chi connectivity index (χ0) is 8.36. The van der Waals surface area contributed by atoms with E-state index < -0.39 is 0 Å². The normalized spacial score (nSPS) is 11.8. The molecule has 0 aliphatic heterocycles. The molecule has 0 atom stereocenters. The van der Waals surface area contributed by atoms with Crippen molar-refractivity contribution in [1.29, 1.82) is 0 Å². The summed E-state index contributed by atoms with van der Waals surface area (Å²) in [6.45, 7) is 4.30. The molecule has 0 rings (SSSR count). The number of hydrogen-bond acceptors (Lipinski definition) is 0. The van der Waals surface area contributed by atoms with Crippen LogP contribution in [-0.2, 0) is 0 Å². The quantitative estimate of drug-likeness (QED) is 0.397. The van der Waals surface area contributed by atoms with E-state index in [1.54, 1.807) is 0 Å². The molecule has 0 heterocycles. The Kier molecular flexibility index (Phi) is 9.03. The molecule has 0 nitrogen and oxygen atoms in total. The Hall–Kier alpha value is -0.520. The fraction of sp³-hybridized carbons (Fsp3) is 0.636. The van der Waals surface area contributed by atoms with Gasteiger partial charge in [-0.3, -0.25) is 0 Å². The van der Waals surface area contributed by atoms with Crippen LogP contribution in [0.4, 0.5) is 0 Å². The lowest BCUT2D eigenvalue weighted by atomic mass is 10.2. The highest BCUT2D eigenvalue weighted by Gasteiger charge is 1.79. The molecule has 0 N–H and O–H groups in total. The van der Waals surface area contributed by atoms with Crippen molar-refractivity contribution < 1.29 is 0 Å². The second-order valence-electron chi connectivity index (χ2n) is 2.77. The van der Waals surface area contributed by atoms with Gasteiger partial charge in [0.1, 0.15) is 0 Å². The minimum absolute atomic E-state index is 1.10. The monoisotopic (exact) mass is 152 g/mol. The van der Waals surface area contributed by atoms with E-state index in [2.05, 4.69) is 38.2 Å². The van der Waals surface area contributed by atoms with E-state index in [-0.39, 0.29) is 0 Å². The van der Waals surface area contributed by atoms with Gasteiger partial charge in [0.2, 0.25) is 0 Å². The first-order valence-electron chi connectivity index (χ1n) is 4.68. The Morgan fingerprint density at radius 3 is 2.45 bits per heavy atom. The Balaban J connectivity index is 3.03. The first-order chi connectivity index (χ1) is 5.41. The SMILES string of the molecule is C/C=C/C/C=C\CCCCC. The van der Waals surface area contributed by atoms with Gasteiger partial charge in [-0.05, 0) is 26.2 Å². The third kappa shape index (κ3) is 9.48. The van der Waals surface area contributed by atoms with Crippen LogP contribution in [0.3, 0.4) is 0 Å². The van der Waals surface area contributed by atoms with Crippen LogP contribution >= 0.6 is 0 Å².